The first-order chi connectivity index (χ1) is 9.15. The largest absolute Gasteiger partial charge is 0.462 e. The average molecular weight is 266 g/mol. The number of carbonyl (C=O) groups is 1. The molecule has 1 aliphatic rings. The van der Waals surface area contributed by atoms with Gasteiger partial charge in [0.05, 0.1) is 19.8 Å². The summed E-state index contributed by atoms with van der Waals surface area (Å²) in [6.07, 6.45) is 0. The zero-order valence-electron chi connectivity index (χ0n) is 11.2. The van der Waals surface area contributed by atoms with Crippen LogP contribution in [0.4, 0.5) is 5.82 Å². The zero-order valence-corrected chi connectivity index (χ0v) is 11.2. The average Bonchev–Trinajstić information content (AvgIpc) is 2.43. The summed E-state index contributed by atoms with van der Waals surface area (Å²) in [5.74, 6) is 0.203. The Morgan fingerprint density at radius 3 is 2.68 bits per heavy atom. The third kappa shape index (κ3) is 2.78. The summed E-state index contributed by atoms with van der Waals surface area (Å²) >= 11 is 0. The summed E-state index contributed by atoms with van der Waals surface area (Å²) in [5, 5.41) is 0. The number of anilines is 1. The Morgan fingerprint density at radius 1 is 1.37 bits per heavy atom. The predicted octanol–water partition coefficient (Wildman–Crippen LogP) is 0.399. The second-order valence-corrected chi connectivity index (χ2v) is 4.29. The number of ether oxygens (including phenoxy) is 2. The predicted molar refractivity (Wildman–Crippen MR) is 70.7 cm³/mol. The Labute approximate surface area is 111 Å². The van der Waals surface area contributed by atoms with E-state index >= 15 is 0 Å². The van der Waals surface area contributed by atoms with Gasteiger partial charge in [0.15, 0.2) is 0 Å². The van der Waals surface area contributed by atoms with Gasteiger partial charge in [-0.15, -0.1) is 0 Å². The topological polar surface area (TPSA) is 60.8 Å². The van der Waals surface area contributed by atoms with Gasteiger partial charge in [0.2, 0.25) is 0 Å². The van der Waals surface area contributed by atoms with E-state index in [-0.39, 0.29) is 5.56 Å². The lowest BCUT2D eigenvalue weighted by Gasteiger charge is -2.31. The fourth-order valence-electron chi connectivity index (χ4n) is 2.15. The number of aromatic nitrogens is 1. The third-order valence-corrected chi connectivity index (χ3v) is 3.09. The molecule has 0 unspecified atom stereocenters. The van der Waals surface area contributed by atoms with E-state index in [0.29, 0.717) is 44.3 Å². The van der Waals surface area contributed by atoms with Crippen LogP contribution in [0.2, 0.25) is 0 Å². The zero-order chi connectivity index (χ0) is 13.8. The molecule has 2 heterocycles. The Bertz CT molecular complexity index is 518. The van der Waals surface area contributed by atoms with Crippen molar-refractivity contribution in [2.24, 2.45) is 7.05 Å². The Kier molecular flexibility index (Phi) is 4.21. The molecule has 0 amide bonds. The monoisotopic (exact) mass is 266 g/mol. The number of rotatable bonds is 3. The molecule has 0 bridgehead atoms. The van der Waals surface area contributed by atoms with E-state index in [1.165, 1.54) is 16.7 Å². The summed E-state index contributed by atoms with van der Waals surface area (Å²) in [6, 6.07) is 2.92. The van der Waals surface area contributed by atoms with E-state index in [0.717, 1.165) is 0 Å². The van der Waals surface area contributed by atoms with Crippen LogP contribution >= 0.6 is 0 Å². The van der Waals surface area contributed by atoms with E-state index in [4.69, 9.17) is 9.47 Å². The fourth-order valence-corrected chi connectivity index (χ4v) is 2.15. The molecule has 104 valence electrons. The fraction of sp³-hybridized carbons (Fsp3) is 0.538. The van der Waals surface area contributed by atoms with Crippen LogP contribution in [0.25, 0.3) is 0 Å². The highest BCUT2D eigenvalue weighted by molar-refractivity contribution is 5.95. The maximum Gasteiger partial charge on any atom is 0.341 e. The van der Waals surface area contributed by atoms with Crippen molar-refractivity contribution in [1.82, 2.24) is 4.57 Å². The maximum absolute atomic E-state index is 12.0. The second-order valence-electron chi connectivity index (χ2n) is 4.29. The summed E-state index contributed by atoms with van der Waals surface area (Å²) in [4.78, 5) is 25.7. The van der Waals surface area contributed by atoms with Gasteiger partial charge < -0.3 is 14.4 Å². The smallest absolute Gasteiger partial charge is 0.341 e. The molecule has 0 saturated carbocycles. The lowest BCUT2D eigenvalue weighted by atomic mass is 10.2. The Morgan fingerprint density at radius 2 is 2.05 bits per heavy atom. The number of hydrogen-bond donors (Lipinski definition) is 0. The quantitative estimate of drug-likeness (QED) is 0.741. The molecule has 1 saturated heterocycles. The van der Waals surface area contributed by atoms with Crippen LogP contribution in [0, 0.1) is 0 Å². The number of morpholine rings is 1. The van der Waals surface area contributed by atoms with Crippen LogP contribution in [0.5, 0.6) is 0 Å². The second kappa shape index (κ2) is 5.88. The molecular weight excluding hydrogens is 248 g/mol. The van der Waals surface area contributed by atoms with Gasteiger partial charge in [0.1, 0.15) is 11.4 Å². The lowest BCUT2D eigenvalue weighted by molar-refractivity contribution is 0.0525. The number of hydrogen-bond acceptors (Lipinski definition) is 5. The highest BCUT2D eigenvalue weighted by Crippen LogP contribution is 2.20. The molecule has 1 fully saturated rings. The van der Waals surface area contributed by atoms with Crippen molar-refractivity contribution in [2.75, 3.05) is 37.8 Å². The minimum Gasteiger partial charge on any atom is -0.462 e. The number of esters is 1. The molecule has 1 aromatic rings. The highest BCUT2D eigenvalue weighted by atomic mass is 16.5. The third-order valence-electron chi connectivity index (χ3n) is 3.09. The molecule has 1 aromatic heterocycles. The maximum atomic E-state index is 12.0. The molecule has 6 nitrogen and oxygen atoms in total. The molecule has 0 atom stereocenters. The van der Waals surface area contributed by atoms with Crippen molar-refractivity contribution >= 4 is 11.8 Å². The lowest BCUT2D eigenvalue weighted by Crippen LogP contribution is -2.40. The number of carbonyl (C=O) groups excluding carboxylic acids is 1. The van der Waals surface area contributed by atoms with Crippen LogP contribution in [0.1, 0.15) is 17.3 Å². The first-order valence-electron chi connectivity index (χ1n) is 6.35. The molecule has 6 heteroatoms. The minimum absolute atomic E-state index is 0.144. The van der Waals surface area contributed by atoms with Gasteiger partial charge in [-0.1, -0.05) is 0 Å². The van der Waals surface area contributed by atoms with E-state index in [2.05, 4.69) is 0 Å². The number of pyridine rings is 1. The Balaban J connectivity index is 2.45. The van der Waals surface area contributed by atoms with E-state index in [9.17, 15) is 9.59 Å². The van der Waals surface area contributed by atoms with Crippen LogP contribution < -0.4 is 10.5 Å². The van der Waals surface area contributed by atoms with E-state index in [1.54, 1.807) is 14.0 Å². The van der Waals surface area contributed by atoms with Gasteiger partial charge in [-0.3, -0.25) is 9.36 Å². The van der Waals surface area contributed by atoms with Gasteiger partial charge in [-0.05, 0) is 13.0 Å². The summed E-state index contributed by atoms with van der Waals surface area (Å²) < 4.78 is 11.8. The summed E-state index contributed by atoms with van der Waals surface area (Å²) in [5.41, 5.74) is 0.278. The van der Waals surface area contributed by atoms with Crippen molar-refractivity contribution in [3.05, 3.63) is 28.0 Å². The molecule has 0 N–H and O–H groups in total. The first kappa shape index (κ1) is 13.6. The molecule has 2 rings (SSSR count). The van der Waals surface area contributed by atoms with Gasteiger partial charge in [0, 0.05) is 26.2 Å². The van der Waals surface area contributed by atoms with Gasteiger partial charge in [-0.25, -0.2) is 4.79 Å². The van der Waals surface area contributed by atoms with Gasteiger partial charge in [0.25, 0.3) is 5.56 Å². The van der Waals surface area contributed by atoms with Crippen molar-refractivity contribution in [3.8, 4) is 0 Å². The highest BCUT2D eigenvalue weighted by Gasteiger charge is 2.22. The molecule has 0 radical (unpaired) electrons. The molecule has 19 heavy (non-hydrogen) atoms. The van der Waals surface area contributed by atoms with Crippen LogP contribution in [0.3, 0.4) is 0 Å². The standard InChI is InChI=1S/C13H18N2O4/c1-3-19-13(17)10-4-5-11(16)14(2)12(10)15-6-8-18-9-7-15/h4-5H,3,6-9H2,1-2H3. The SMILES string of the molecule is CCOC(=O)c1ccc(=O)n(C)c1N1CCOCC1. The van der Waals surface area contributed by atoms with Crippen molar-refractivity contribution in [1.29, 1.82) is 0 Å². The van der Waals surface area contributed by atoms with Crippen LogP contribution in [0.15, 0.2) is 16.9 Å². The normalized spacial score (nSPS) is 15.4. The molecule has 0 spiro atoms. The molecule has 0 aliphatic carbocycles. The summed E-state index contributed by atoms with van der Waals surface area (Å²) in [6.45, 7) is 4.56. The van der Waals surface area contributed by atoms with Crippen LogP contribution in [-0.2, 0) is 16.5 Å². The van der Waals surface area contributed by atoms with Crippen molar-refractivity contribution < 1.29 is 14.3 Å². The van der Waals surface area contributed by atoms with E-state index < -0.39 is 5.97 Å². The first-order valence-corrected chi connectivity index (χ1v) is 6.35. The molecule has 1 aliphatic heterocycles. The van der Waals surface area contributed by atoms with Gasteiger partial charge >= 0.3 is 5.97 Å². The molecule has 0 aromatic carbocycles. The number of nitrogens with zero attached hydrogens (tertiary/aromatic N) is 2. The van der Waals surface area contributed by atoms with Crippen molar-refractivity contribution in [3.63, 3.8) is 0 Å². The van der Waals surface area contributed by atoms with Crippen LogP contribution in [-0.4, -0.2) is 43.4 Å². The molecular formula is C13H18N2O4. The summed E-state index contributed by atoms with van der Waals surface area (Å²) in [7, 11) is 1.66. The van der Waals surface area contributed by atoms with Gasteiger partial charge in [-0.2, -0.15) is 0 Å². The Hall–Kier alpha value is -1.82. The van der Waals surface area contributed by atoms with E-state index in [1.807, 2.05) is 4.90 Å². The minimum atomic E-state index is -0.403. The van der Waals surface area contributed by atoms with Crippen molar-refractivity contribution in [2.45, 2.75) is 6.92 Å².